The van der Waals surface area contributed by atoms with Gasteiger partial charge in [-0.1, -0.05) is 23.7 Å². The first-order valence-corrected chi connectivity index (χ1v) is 6.54. The standard InChI is InChI=1S/C14H15ClN2O2/c1-2-16-13(18)7-8-14-17-9-12(19-14)10-5-3-4-6-11(10)15/h3-6,9H,2,7-8H2,1H3,(H,16,18). The molecule has 2 aromatic rings. The number of nitrogens with one attached hydrogen (secondary N) is 1. The van der Waals surface area contributed by atoms with E-state index >= 15 is 0 Å². The first kappa shape index (κ1) is 13.6. The number of benzene rings is 1. The van der Waals surface area contributed by atoms with Crippen molar-refractivity contribution in [1.82, 2.24) is 10.3 Å². The maximum atomic E-state index is 11.3. The maximum Gasteiger partial charge on any atom is 0.220 e. The molecule has 1 N–H and O–H groups in total. The highest BCUT2D eigenvalue weighted by atomic mass is 35.5. The Kier molecular flexibility index (Phi) is 4.58. The molecule has 2 rings (SSSR count). The van der Waals surface area contributed by atoms with E-state index in [1.54, 1.807) is 12.3 Å². The van der Waals surface area contributed by atoms with Gasteiger partial charge < -0.3 is 9.73 Å². The zero-order valence-corrected chi connectivity index (χ0v) is 11.4. The van der Waals surface area contributed by atoms with Crippen LogP contribution in [-0.4, -0.2) is 17.4 Å². The van der Waals surface area contributed by atoms with Gasteiger partial charge in [-0.3, -0.25) is 4.79 Å². The Morgan fingerprint density at radius 1 is 1.42 bits per heavy atom. The van der Waals surface area contributed by atoms with Crippen molar-refractivity contribution in [3.05, 3.63) is 41.4 Å². The molecule has 0 saturated heterocycles. The molecular formula is C14H15ClN2O2. The van der Waals surface area contributed by atoms with Crippen molar-refractivity contribution in [2.45, 2.75) is 19.8 Å². The van der Waals surface area contributed by atoms with E-state index in [0.717, 1.165) is 5.56 Å². The van der Waals surface area contributed by atoms with Crippen LogP contribution in [0.1, 0.15) is 19.2 Å². The molecule has 0 bridgehead atoms. The number of carbonyl (C=O) groups excluding carboxylic acids is 1. The van der Waals surface area contributed by atoms with Gasteiger partial charge in [-0.2, -0.15) is 0 Å². The highest BCUT2D eigenvalue weighted by Gasteiger charge is 2.10. The number of oxazole rings is 1. The average molecular weight is 279 g/mol. The molecule has 1 aromatic heterocycles. The van der Waals surface area contributed by atoms with Crippen molar-refractivity contribution >= 4 is 17.5 Å². The van der Waals surface area contributed by atoms with Crippen LogP contribution in [0.4, 0.5) is 0 Å². The van der Waals surface area contributed by atoms with Gasteiger partial charge in [-0.25, -0.2) is 4.98 Å². The summed E-state index contributed by atoms with van der Waals surface area (Å²) in [5.74, 6) is 1.16. The minimum atomic E-state index is -0.00000600. The lowest BCUT2D eigenvalue weighted by molar-refractivity contribution is -0.121. The van der Waals surface area contributed by atoms with Crippen molar-refractivity contribution in [2.24, 2.45) is 0 Å². The zero-order valence-electron chi connectivity index (χ0n) is 10.6. The molecule has 0 radical (unpaired) electrons. The van der Waals surface area contributed by atoms with Gasteiger partial charge in [0.2, 0.25) is 5.91 Å². The third-order valence-corrected chi connectivity index (χ3v) is 2.96. The summed E-state index contributed by atoms with van der Waals surface area (Å²) in [5.41, 5.74) is 0.806. The van der Waals surface area contributed by atoms with Crippen LogP contribution in [0, 0.1) is 0 Å². The molecule has 0 aliphatic carbocycles. The SMILES string of the molecule is CCNC(=O)CCc1ncc(-c2ccccc2Cl)o1. The van der Waals surface area contributed by atoms with E-state index in [1.807, 2.05) is 25.1 Å². The van der Waals surface area contributed by atoms with Crippen LogP contribution >= 0.6 is 11.6 Å². The quantitative estimate of drug-likeness (QED) is 0.914. The molecule has 5 heteroatoms. The van der Waals surface area contributed by atoms with Crippen LogP contribution in [0.15, 0.2) is 34.9 Å². The Balaban J connectivity index is 2.04. The maximum absolute atomic E-state index is 11.3. The predicted octanol–water partition coefficient (Wildman–Crippen LogP) is 3.06. The number of aromatic nitrogens is 1. The Bertz CT molecular complexity index is 566. The van der Waals surface area contributed by atoms with Gasteiger partial charge >= 0.3 is 0 Å². The average Bonchev–Trinajstić information content (AvgIpc) is 2.86. The fourth-order valence-electron chi connectivity index (χ4n) is 1.72. The van der Waals surface area contributed by atoms with E-state index in [9.17, 15) is 4.79 Å². The van der Waals surface area contributed by atoms with Gasteiger partial charge in [0.1, 0.15) is 0 Å². The molecule has 0 spiro atoms. The lowest BCUT2D eigenvalue weighted by Gasteiger charge is -2.00. The molecule has 0 atom stereocenters. The van der Waals surface area contributed by atoms with E-state index in [0.29, 0.717) is 36.1 Å². The largest absolute Gasteiger partial charge is 0.441 e. The summed E-state index contributed by atoms with van der Waals surface area (Å²) in [5, 5.41) is 3.35. The molecule has 0 fully saturated rings. The first-order chi connectivity index (χ1) is 9.20. The van der Waals surface area contributed by atoms with Gasteiger partial charge in [0.05, 0.1) is 11.2 Å². The van der Waals surface area contributed by atoms with E-state index in [1.165, 1.54) is 0 Å². The minimum absolute atomic E-state index is 0.00000600. The van der Waals surface area contributed by atoms with E-state index in [4.69, 9.17) is 16.0 Å². The predicted molar refractivity (Wildman–Crippen MR) is 74.0 cm³/mol. The number of halogens is 1. The van der Waals surface area contributed by atoms with Crippen LogP contribution in [0.25, 0.3) is 11.3 Å². The van der Waals surface area contributed by atoms with Crippen molar-refractivity contribution in [2.75, 3.05) is 6.54 Å². The number of rotatable bonds is 5. The van der Waals surface area contributed by atoms with Gasteiger partial charge in [-0.15, -0.1) is 0 Å². The van der Waals surface area contributed by atoms with Crippen molar-refractivity contribution in [3.63, 3.8) is 0 Å². The van der Waals surface area contributed by atoms with Gasteiger partial charge in [-0.05, 0) is 19.1 Å². The van der Waals surface area contributed by atoms with E-state index in [-0.39, 0.29) is 5.91 Å². The number of carbonyl (C=O) groups is 1. The third-order valence-electron chi connectivity index (χ3n) is 2.63. The Morgan fingerprint density at radius 3 is 2.95 bits per heavy atom. The summed E-state index contributed by atoms with van der Waals surface area (Å²) in [6, 6.07) is 7.42. The molecule has 19 heavy (non-hydrogen) atoms. The summed E-state index contributed by atoms with van der Waals surface area (Å²) < 4.78 is 5.60. The molecule has 1 aromatic carbocycles. The fourth-order valence-corrected chi connectivity index (χ4v) is 1.95. The molecule has 1 amide bonds. The van der Waals surface area contributed by atoms with Crippen molar-refractivity contribution in [1.29, 1.82) is 0 Å². The Hall–Kier alpha value is -1.81. The minimum Gasteiger partial charge on any atom is -0.441 e. The van der Waals surface area contributed by atoms with Crippen LogP contribution in [-0.2, 0) is 11.2 Å². The lowest BCUT2D eigenvalue weighted by Crippen LogP contribution is -2.22. The molecule has 0 aliphatic rings. The number of hydrogen-bond donors (Lipinski definition) is 1. The Labute approximate surface area is 116 Å². The second kappa shape index (κ2) is 6.38. The molecule has 1 heterocycles. The number of amides is 1. The van der Waals surface area contributed by atoms with E-state index in [2.05, 4.69) is 10.3 Å². The summed E-state index contributed by atoms with van der Waals surface area (Å²) in [7, 11) is 0. The van der Waals surface area contributed by atoms with Crippen LogP contribution in [0.3, 0.4) is 0 Å². The molecule has 4 nitrogen and oxygen atoms in total. The zero-order chi connectivity index (χ0) is 13.7. The van der Waals surface area contributed by atoms with Gasteiger partial charge in [0, 0.05) is 24.9 Å². The molecule has 100 valence electrons. The van der Waals surface area contributed by atoms with Crippen LogP contribution in [0.5, 0.6) is 0 Å². The highest BCUT2D eigenvalue weighted by Crippen LogP contribution is 2.28. The summed E-state index contributed by atoms with van der Waals surface area (Å²) >= 11 is 6.08. The summed E-state index contributed by atoms with van der Waals surface area (Å²) in [4.78, 5) is 15.5. The fraction of sp³-hybridized carbons (Fsp3) is 0.286. The molecule has 0 aliphatic heterocycles. The number of hydrogen-bond acceptors (Lipinski definition) is 3. The molecule has 0 saturated carbocycles. The second-order valence-corrected chi connectivity index (χ2v) is 4.46. The third kappa shape index (κ3) is 3.58. The first-order valence-electron chi connectivity index (χ1n) is 6.17. The highest BCUT2D eigenvalue weighted by molar-refractivity contribution is 6.33. The monoisotopic (exact) mass is 278 g/mol. The molecular weight excluding hydrogens is 264 g/mol. The van der Waals surface area contributed by atoms with Crippen molar-refractivity contribution in [3.8, 4) is 11.3 Å². The Morgan fingerprint density at radius 2 is 2.21 bits per heavy atom. The normalized spacial score (nSPS) is 10.4. The number of aryl methyl sites for hydroxylation is 1. The topological polar surface area (TPSA) is 55.1 Å². The second-order valence-electron chi connectivity index (χ2n) is 4.05. The number of nitrogens with zero attached hydrogens (tertiary/aromatic N) is 1. The summed E-state index contributed by atoms with van der Waals surface area (Å²) in [6.07, 6.45) is 2.49. The van der Waals surface area contributed by atoms with Crippen molar-refractivity contribution < 1.29 is 9.21 Å². The van der Waals surface area contributed by atoms with Gasteiger partial charge in [0.25, 0.3) is 0 Å². The van der Waals surface area contributed by atoms with Crippen LogP contribution in [0.2, 0.25) is 5.02 Å². The van der Waals surface area contributed by atoms with Gasteiger partial charge in [0.15, 0.2) is 11.7 Å². The lowest BCUT2D eigenvalue weighted by atomic mass is 10.2. The van der Waals surface area contributed by atoms with E-state index < -0.39 is 0 Å². The molecule has 0 unspecified atom stereocenters. The smallest absolute Gasteiger partial charge is 0.220 e. The van der Waals surface area contributed by atoms with Crippen LogP contribution < -0.4 is 5.32 Å². The summed E-state index contributed by atoms with van der Waals surface area (Å²) in [6.45, 7) is 2.52.